The van der Waals surface area contributed by atoms with E-state index in [1.165, 1.54) is 19.3 Å². The Bertz CT molecular complexity index is 85.3. The molecule has 0 aromatic heterocycles. The van der Waals surface area contributed by atoms with Gasteiger partial charge < -0.3 is 5.11 Å². The van der Waals surface area contributed by atoms with Crippen LogP contribution in [0.5, 0.6) is 0 Å². The van der Waals surface area contributed by atoms with Gasteiger partial charge in [-0.3, -0.25) is 0 Å². The third-order valence-corrected chi connectivity index (χ3v) is 2.80. The van der Waals surface area contributed by atoms with E-state index in [-0.39, 0.29) is 0 Å². The van der Waals surface area contributed by atoms with E-state index in [2.05, 4.69) is 0 Å². The van der Waals surface area contributed by atoms with Crippen LogP contribution in [-0.4, -0.2) is 17.6 Å². The number of aliphatic hydroxyl groups is 1. The summed E-state index contributed by atoms with van der Waals surface area (Å²) in [6.45, 7) is 0.355. The van der Waals surface area contributed by atoms with Crippen molar-refractivity contribution < 1.29 is 5.11 Å². The van der Waals surface area contributed by atoms with Crippen molar-refractivity contribution in [3.05, 3.63) is 0 Å². The Labute approximate surface area is 67.4 Å². The summed E-state index contributed by atoms with van der Waals surface area (Å²) in [6.07, 6.45) is 4.85. The second-order valence-corrected chi connectivity index (χ2v) is 3.54. The molecular weight excluding hydrogens is 148 g/mol. The maximum atomic E-state index is 8.86. The zero-order valence-electron chi connectivity index (χ0n) is 6.22. The lowest BCUT2D eigenvalue weighted by Gasteiger charge is -2.25. The summed E-state index contributed by atoms with van der Waals surface area (Å²) in [6, 6.07) is 0. The number of halogens is 1. The monoisotopic (exact) mass is 162 g/mol. The van der Waals surface area contributed by atoms with Gasteiger partial charge in [0.15, 0.2) is 0 Å². The predicted molar refractivity (Wildman–Crippen MR) is 43.3 cm³/mol. The highest BCUT2D eigenvalue weighted by Crippen LogP contribution is 2.29. The van der Waals surface area contributed by atoms with Gasteiger partial charge in [-0.25, -0.2) is 0 Å². The molecule has 2 unspecified atom stereocenters. The van der Waals surface area contributed by atoms with E-state index >= 15 is 0 Å². The van der Waals surface area contributed by atoms with Gasteiger partial charge in [-0.2, -0.15) is 0 Å². The molecule has 1 fully saturated rings. The highest BCUT2D eigenvalue weighted by molar-refractivity contribution is 6.18. The molecule has 1 aliphatic rings. The first-order chi connectivity index (χ1) is 4.86. The van der Waals surface area contributed by atoms with Crippen LogP contribution < -0.4 is 0 Å². The molecule has 2 heteroatoms. The molecule has 0 aliphatic heterocycles. The average molecular weight is 163 g/mol. The fourth-order valence-electron chi connectivity index (χ4n) is 1.71. The molecule has 0 aromatic carbocycles. The highest BCUT2D eigenvalue weighted by atomic mass is 35.5. The van der Waals surface area contributed by atoms with Gasteiger partial charge in [-0.05, 0) is 31.1 Å². The Morgan fingerprint density at radius 3 is 2.60 bits per heavy atom. The van der Waals surface area contributed by atoms with Crippen molar-refractivity contribution in [1.82, 2.24) is 0 Å². The lowest BCUT2D eigenvalue weighted by molar-refractivity contribution is 0.167. The number of hydrogen-bond donors (Lipinski definition) is 1. The maximum Gasteiger partial charge on any atom is 0.0459 e. The number of hydrogen-bond acceptors (Lipinski definition) is 1. The Morgan fingerprint density at radius 2 is 2.00 bits per heavy atom. The molecule has 0 bridgehead atoms. The Hall–Kier alpha value is 0.250. The minimum Gasteiger partial charge on any atom is -0.396 e. The molecule has 2 atom stereocenters. The van der Waals surface area contributed by atoms with Crippen molar-refractivity contribution in [2.24, 2.45) is 11.8 Å². The normalized spacial score (nSPS) is 34.2. The van der Waals surface area contributed by atoms with E-state index in [0.29, 0.717) is 18.4 Å². The summed E-state index contributed by atoms with van der Waals surface area (Å²) in [5, 5.41) is 8.86. The van der Waals surface area contributed by atoms with E-state index in [1.54, 1.807) is 0 Å². The number of alkyl halides is 1. The Balaban J connectivity index is 2.25. The third-order valence-electron chi connectivity index (χ3n) is 2.37. The summed E-state index contributed by atoms with van der Waals surface area (Å²) < 4.78 is 0. The van der Waals surface area contributed by atoms with Crippen LogP contribution in [0.4, 0.5) is 0 Å². The lowest BCUT2D eigenvalue weighted by Crippen LogP contribution is -2.19. The van der Waals surface area contributed by atoms with Gasteiger partial charge in [-0.15, -0.1) is 11.6 Å². The molecule has 0 spiro atoms. The van der Waals surface area contributed by atoms with Gasteiger partial charge >= 0.3 is 0 Å². The largest absolute Gasteiger partial charge is 0.396 e. The second-order valence-electron chi connectivity index (χ2n) is 3.24. The minimum absolute atomic E-state index is 0.355. The van der Waals surface area contributed by atoms with Crippen LogP contribution in [0.3, 0.4) is 0 Å². The SMILES string of the molecule is OCC1CCCC(CCl)C1. The molecule has 60 valence electrons. The van der Waals surface area contributed by atoms with Gasteiger partial charge in [0, 0.05) is 12.5 Å². The molecule has 1 aliphatic carbocycles. The van der Waals surface area contributed by atoms with Crippen LogP contribution in [-0.2, 0) is 0 Å². The third kappa shape index (κ3) is 2.14. The molecular formula is C8H15ClO. The molecule has 0 radical (unpaired) electrons. The number of aliphatic hydroxyl groups excluding tert-OH is 1. The van der Waals surface area contributed by atoms with Crippen molar-refractivity contribution >= 4 is 11.6 Å². The van der Waals surface area contributed by atoms with Crippen LogP contribution in [0, 0.1) is 11.8 Å². The molecule has 0 saturated heterocycles. The van der Waals surface area contributed by atoms with E-state index in [9.17, 15) is 0 Å². The predicted octanol–water partition coefficient (Wildman–Crippen LogP) is 2.02. The van der Waals surface area contributed by atoms with Crippen LogP contribution in [0.15, 0.2) is 0 Å². The first-order valence-corrected chi connectivity index (χ1v) is 4.57. The molecule has 1 saturated carbocycles. The topological polar surface area (TPSA) is 20.2 Å². The zero-order valence-corrected chi connectivity index (χ0v) is 6.98. The summed E-state index contributed by atoms with van der Waals surface area (Å²) in [5.74, 6) is 1.99. The van der Waals surface area contributed by atoms with Gasteiger partial charge in [0.25, 0.3) is 0 Å². The quantitative estimate of drug-likeness (QED) is 0.616. The molecule has 1 rings (SSSR count). The summed E-state index contributed by atoms with van der Waals surface area (Å²) >= 11 is 5.72. The van der Waals surface area contributed by atoms with Gasteiger partial charge in [0.2, 0.25) is 0 Å². The fourth-order valence-corrected chi connectivity index (χ4v) is 1.99. The molecule has 0 heterocycles. The summed E-state index contributed by atoms with van der Waals surface area (Å²) in [4.78, 5) is 0. The molecule has 1 N–H and O–H groups in total. The standard InChI is InChI=1S/C8H15ClO/c9-5-7-2-1-3-8(4-7)6-10/h7-8,10H,1-6H2. The second kappa shape index (κ2) is 4.20. The van der Waals surface area contributed by atoms with Crippen LogP contribution in [0.2, 0.25) is 0 Å². The van der Waals surface area contributed by atoms with E-state index in [0.717, 1.165) is 12.3 Å². The van der Waals surface area contributed by atoms with E-state index in [1.807, 2.05) is 0 Å². The fraction of sp³-hybridized carbons (Fsp3) is 1.00. The van der Waals surface area contributed by atoms with Crippen LogP contribution in [0.1, 0.15) is 25.7 Å². The Morgan fingerprint density at radius 1 is 1.30 bits per heavy atom. The van der Waals surface area contributed by atoms with Gasteiger partial charge in [-0.1, -0.05) is 6.42 Å². The molecule has 0 amide bonds. The average Bonchev–Trinajstić information content (AvgIpc) is 2.05. The lowest BCUT2D eigenvalue weighted by atomic mass is 9.83. The van der Waals surface area contributed by atoms with E-state index < -0.39 is 0 Å². The van der Waals surface area contributed by atoms with Crippen LogP contribution >= 0.6 is 11.6 Å². The summed E-state index contributed by atoms with van der Waals surface area (Å²) in [7, 11) is 0. The Kier molecular flexibility index (Phi) is 3.50. The molecule has 0 aromatic rings. The first-order valence-electron chi connectivity index (χ1n) is 4.03. The van der Waals surface area contributed by atoms with Crippen LogP contribution in [0.25, 0.3) is 0 Å². The smallest absolute Gasteiger partial charge is 0.0459 e. The van der Waals surface area contributed by atoms with Gasteiger partial charge in [0.05, 0.1) is 0 Å². The van der Waals surface area contributed by atoms with Gasteiger partial charge in [0.1, 0.15) is 0 Å². The number of rotatable bonds is 2. The molecule has 1 nitrogen and oxygen atoms in total. The van der Waals surface area contributed by atoms with Crippen molar-refractivity contribution in [1.29, 1.82) is 0 Å². The van der Waals surface area contributed by atoms with Crippen molar-refractivity contribution in [2.75, 3.05) is 12.5 Å². The highest BCUT2D eigenvalue weighted by Gasteiger charge is 2.19. The van der Waals surface area contributed by atoms with E-state index in [4.69, 9.17) is 16.7 Å². The molecule has 10 heavy (non-hydrogen) atoms. The van der Waals surface area contributed by atoms with Crippen molar-refractivity contribution in [3.8, 4) is 0 Å². The zero-order chi connectivity index (χ0) is 7.40. The maximum absolute atomic E-state index is 8.86. The van der Waals surface area contributed by atoms with Crippen molar-refractivity contribution in [2.45, 2.75) is 25.7 Å². The first kappa shape index (κ1) is 8.35. The summed E-state index contributed by atoms with van der Waals surface area (Å²) in [5.41, 5.74) is 0. The minimum atomic E-state index is 0.355. The van der Waals surface area contributed by atoms with Crippen molar-refractivity contribution in [3.63, 3.8) is 0 Å².